The van der Waals surface area contributed by atoms with E-state index in [1.165, 1.54) is 32.1 Å². The molecule has 0 amide bonds. The topological polar surface area (TPSA) is 20.2 Å². The second-order valence-electron chi connectivity index (χ2n) is 4.09. The molecule has 1 aliphatic rings. The molecule has 1 nitrogen and oxygen atoms in total. The van der Waals surface area contributed by atoms with Gasteiger partial charge in [0.05, 0.1) is 6.10 Å². The van der Waals surface area contributed by atoms with Crippen LogP contribution in [0.2, 0.25) is 0 Å². The van der Waals surface area contributed by atoms with Gasteiger partial charge in [0.15, 0.2) is 0 Å². The zero-order valence-corrected chi connectivity index (χ0v) is 7.77. The minimum absolute atomic E-state index is 0.0981. The molecule has 11 heavy (non-hydrogen) atoms. The Balaban J connectivity index is 2.22. The van der Waals surface area contributed by atoms with Crippen molar-refractivity contribution in [1.82, 2.24) is 0 Å². The van der Waals surface area contributed by atoms with Gasteiger partial charge >= 0.3 is 0 Å². The molecular formula is C10H20O. The van der Waals surface area contributed by atoms with Gasteiger partial charge in [0, 0.05) is 0 Å². The van der Waals surface area contributed by atoms with Gasteiger partial charge in [0.1, 0.15) is 0 Å². The van der Waals surface area contributed by atoms with Crippen LogP contribution in [0.25, 0.3) is 0 Å². The minimum Gasteiger partial charge on any atom is -0.393 e. The van der Waals surface area contributed by atoms with Crippen LogP contribution in [-0.4, -0.2) is 11.2 Å². The number of aliphatic hydroxyl groups is 1. The molecule has 0 radical (unpaired) electrons. The first-order valence-electron chi connectivity index (χ1n) is 4.87. The second kappa shape index (κ2) is 3.57. The summed E-state index contributed by atoms with van der Waals surface area (Å²) in [6, 6.07) is 0. The van der Waals surface area contributed by atoms with Crippen LogP contribution in [0.5, 0.6) is 0 Å². The third-order valence-electron chi connectivity index (χ3n) is 3.26. The van der Waals surface area contributed by atoms with E-state index in [9.17, 15) is 0 Å². The molecule has 1 heteroatoms. The van der Waals surface area contributed by atoms with Crippen LogP contribution in [0.3, 0.4) is 0 Å². The molecule has 0 aliphatic heterocycles. The molecule has 1 aliphatic carbocycles. The lowest BCUT2D eigenvalue weighted by atomic mass is 9.64. The van der Waals surface area contributed by atoms with Gasteiger partial charge in [0.25, 0.3) is 0 Å². The van der Waals surface area contributed by atoms with Gasteiger partial charge in [-0.05, 0) is 38.0 Å². The summed E-state index contributed by atoms with van der Waals surface area (Å²) >= 11 is 0. The lowest BCUT2D eigenvalue weighted by Crippen LogP contribution is -2.29. The number of aliphatic hydroxyl groups excluding tert-OH is 1. The van der Waals surface area contributed by atoms with Crippen molar-refractivity contribution in [3.63, 3.8) is 0 Å². The third kappa shape index (κ3) is 2.19. The van der Waals surface area contributed by atoms with Gasteiger partial charge in [-0.15, -0.1) is 0 Å². The molecule has 1 saturated carbocycles. The fourth-order valence-electron chi connectivity index (χ4n) is 1.97. The van der Waals surface area contributed by atoms with Crippen molar-refractivity contribution in [2.45, 2.75) is 58.5 Å². The molecule has 0 bridgehead atoms. The summed E-state index contributed by atoms with van der Waals surface area (Å²) in [5.74, 6) is 0. The highest BCUT2D eigenvalue weighted by atomic mass is 16.3. The molecule has 0 heterocycles. The van der Waals surface area contributed by atoms with Crippen LogP contribution in [0.4, 0.5) is 0 Å². The number of rotatable bonds is 4. The molecule has 0 aromatic heterocycles. The van der Waals surface area contributed by atoms with Crippen LogP contribution in [0, 0.1) is 5.41 Å². The van der Waals surface area contributed by atoms with E-state index in [4.69, 9.17) is 5.11 Å². The van der Waals surface area contributed by atoms with E-state index in [-0.39, 0.29) is 6.10 Å². The summed E-state index contributed by atoms with van der Waals surface area (Å²) in [5.41, 5.74) is 0.636. The Morgan fingerprint density at radius 3 is 2.36 bits per heavy atom. The molecule has 0 spiro atoms. The molecule has 1 rings (SSSR count). The predicted molar refractivity (Wildman–Crippen MR) is 47.5 cm³/mol. The summed E-state index contributed by atoms with van der Waals surface area (Å²) in [5, 5.41) is 9.13. The first-order valence-corrected chi connectivity index (χ1v) is 4.87. The summed E-state index contributed by atoms with van der Waals surface area (Å²) in [4.78, 5) is 0. The first-order chi connectivity index (χ1) is 5.18. The maximum atomic E-state index is 9.13. The highest BCUT2D eigenvalue weighted by Crippen LogP contribution is 2.47. The maximum absolute atomic E-state index is 9.13. The number of hydrogen-bond donors (Lipinski definition) is 1. The smallest absolute Gasteiger partial charge is 0.0512 e. The normalized spacial score (nSPS) is 24.3. The number of hydrogen-bond acceptors (Lipinski definition) is 1. The Bertz CT molecular complexity index is 109. The molecule has 1 fully saturated rings. The fraction of sp³-hybridized carbons (Fsp3) is 1.00. The quantitative estimate of drug-likeness (QED) is 0.663. The largest absolute Gasteiger partial charge is 0.393 e. The molecule has 1 atom stereocenters. The van der Waals surface area contributed by atoms with E-state index in [1.807, 2.05) is 6.92 Å². The van der Waals surface area contributed by atoms with Gasteiger partial charge in [0.2, 0.25) is 0 Å². The third-order valence-corrected chi connectivity index (χ3v) is 3.26. The lowest BCUT2D eigenvalue weighted by molar-refractivity contribution is 0.0812. The van der Waals surface area contributed by atoms with E-state index >= 15 is 0 Å². The van der Waals surface area contributed by atoms with Gasteiger partial charge in [-0.3, -0.25) is 0 Å². The maximum Gasteiger partial charge on any atom is 0.0512 e. The van der Waals surface area contributed by atoms with Crippen molar-refractivity contribution in [3.8, 4) is 0 Å². The highest BCUT2D eigenvalue weighted by molar-refractivity contribution is 4.86. The molecule has 0 saturated heterocycles. The van der Waals surface area contributed by atoms with E-state index in [1.54, 1.807) is 0 Å². The van der Waals surface area contributed by atoms with Gasteiger partial charge in [-0.25, -0.2) is 0 Å². The zero-order chi connectivity index (χ0) is 8.32. The fourth-order valence-corrected chi connectivity index (χ4v) is 1.97. The molecule has 0 aromatic carbocycles. The molecule has 66 valence electrons. The van der Waals surface area contributed by atoms with E-state index < -0.39 is 0 Å². The SMILES string of the molecule is CCC1(CCC(C)O)CCC1. The predicted octanol–water partition coefficient (Wildman–Crippen LogP) is 2.73. The molecule has 1 unspecified atom stereocenters. The van der Waals surface area contributed by atoms with Crippen molar-refractivity contribution in [2.75, 3.05) is 0 Å². The van der Waals surface area contributed by atoms with Crippen LogP contribution in [0.15, 0.2) is 0 Å². The lowest BCUT2D eigenvalue weighted by Gasteiger charge is -2.41. The standard InChI is InChI=1S/C10H20O/c1-3-10(6-4-7-10)8-5-9(2)11/h9,11H,3-8H2,1-2H3. The highest BCUT2D eigenvalue weighted by Gasteiger charge is 2.34. The summed E-state index contributed by atoms with van der Waals surface area (Å²) in [6.45, 7) is 4.17. The van der Waals surface area contributed by atoms with Gasteiger partial charge < -0.3 is 5.11 Å². The van der Waals surface area contributed by atoms with Crippen molar-refractivity contribution < 1.29 is 5.11 Å². The minimum atomic E-state index is -0.0981. The molecule has 1 N–H and O–H groups in total. The summed E-state index contributed by atoms with van der Waals surface area (Å²) < 4.78 is 0. The van der Waals surface area contributed by atoms with E-state index in [0.717, 1.165) is 6.42 Å². The molecular weight excluding hydrogens is 136 g/mol. The van der Waals surface area contributed by atoms with Crippen molar-refractivity contribution >= 4 is 0 Å². The van der Waals surface area contributed by atoms with Crippen molar-refractivity contribution in [2.24, 2.45) is 5.41 Å². The van der Waals surface area contributed by atoms with Crippen molar-refractivity contribution in [3.05, 3.63) is 0 Å². The average molecular weight is 156 g/mol. The Morgan fingerprint density at radius 1 is 1.45 bits per heavy atom. The summed E-state index contributed by atoms with van der Waals surface area (Å²) in [7, 11) is 0. The first kappa shape index (κ1) is 9.05. The zero-order valence-electron chi connectivity index (χ0n) is 7.77. The monoisotopic (exact) mass is 156 g/mol. The summed E-state index contributed by atoms with van der Waals surface area (Å²) in [6.07, 6.45) is 7.65. The van der Waals surface area contributed by atoms with Crippen LogP contribution < -0.4 is 0 Å². The van der Waals surface area contributed by atoms with Crippen LogP contribution >= 0.6 is 0 Å². The van der Waals surface area contributed by atoms with E-state index in [2.05, 4.69) is 6.92 Å². The Labute approximate surface area is 69.8 Å². The van der Waals surface area contributed by atoms with E-state index in [0.29, 0.717) is 5.41 Å². The van der Waals surface area contributed by atoms with Crippen LogP contribution in [0.1, 0.15) is 52.4 Å². The Morgan fingerprint density at radius 2 is 2.09 bits per heavy atom. The average Bonchev–Trinajstić information content (AvgIpc) is 1.86. The van der Waals surface area contributed by atoms with Gasteiger partial charge in [-0.2, -0.15) is 0 Å². The second-order valence-corrected chi connectivity index (χ2v) is 4.09. The van der Waals surface area contributed by atoms with Crippen molar-refractivity contribution in [1.29, 1.82) is 0 Å². The van der Waals surface area contributed by atoms with Crippen LogP contribution in [-0.2, 0) is 0 Å². The Kier molecular flexibility index (Phi) is 2.94. The Hall–Kier alpha value is -0.0400. The molecule has 0 aromatic rings. The van der Waals surface area contributed by atoms with Gasteiger partial charge in [-0.1, -0.05) is 19.8 Å².